The van der Waals surface area contributed by atoms with Crippen molar-refractivity contribution in [2.45, 2.75) is 37.4 Å². The highest BCUT2D eigenvalue weighted by Gasteiger charge is 2.15. The van der Waals surface area contributed by atoms with E-state index >= 15 is 0 Å². The molecule has 15 heavy (non-hydrogen) atoms. The minimum absolute atomic E-state index is 0.103. The molecule has 1 aliphatic rings. The molecule has 1 atom stereocenters. The third-order valence-corrected chi connectivity index (χ3v) is 5.27. The molecule has 5 heteroatoms. The van der Waals surface area contributed by atoms with Crippen molar-refractivity contribution in [3.8, 4) is 0 Å². The molecule has 0 saturated carbocycles. The Balaban J connectivity index is 1.89. The van der Waals surface area contributed by atoms with E-state index in [0.717, 1.165) is 18.1 Å². The molecule has 0 amide bonds. The quantitative estimate of drug-likeness (QED) is 0.426. The number of hydrogen-bond acceptors (Lipinski definition) is 5. The van der Waals surface area contributed by atoms with Gasteiger partial charge in [0.25, 0.3) is 0 Å². The van der Waals surface area contributed by atoms with Crippen molar-refractivity contribution in [2.75, 3.05) is 18.9 Å². The lowest BCUT2D eigenvalue weighted by Gasteiger charge is -2.06. The second-order valence-corrected chi connectivity index (χ2v) is 6.37. The maximum atomic E-state index is 11.1. The van der Waals surface area contributed by atoms with Gasteiger partial charge in [-0.05, 0) is 19.3 Å². The summed E-state index contributed by atoms with van der Waals surface area (Å²) >= 11 is 0. The Morgan fingerprint density at radius 3 is 3.00 bits per heavy atom. The van der Waals surface area contributed by atoms with Crippen LogP contribution in [0.5, 0.6) is 0 Å². The summed E-state index contributed by atoms with van der Waals surface area (Å²) in [6.07, 6.45) is 5.19. The van der Waals surface area contributed by atoms with Gasteiger partial charge in [0.2, 0.25) is 0 Å². The summed E-state index contributed by atoms with van der Waals surface area (Å²) in [5, 5.41) is 0.815. The molecule has 1 fully saturated rings. The summed E-state index contributed by atoms with van der Waals surface area (Å²) in [6.45, 7) is 0.773. The molecular formula is C10H19NO2S2. The van der Waals surface area contributed by atoms with Crippen LogP contribution in [0, 0.1) is 0 Å². The maximum absolute atomic E-state index is 11.1. The summed E-state index contributed by atoms with van der Waals surface area (Å²) in [6, 6.07) is 0. The fourth-order valence-electron chi connectivity index (χ4n) is 1.45. The Hall–Kier alpha value is 0.130. The monoisotopic (exact) mass is 249 g/mol. The standard InChI is InChI=1S/C10H19NO2S2/c11-6-7-13-10(12)4-2-1-3-9-5-8-14-15-9/h9H,1-8,11H2. The predicted molar refractivity (Wildman–Crippen MR) is 66.9 cm³/mol. The van der Waals surface area contributed by atoms with E-state index in [0.29, 0.717) is 19.6 Å². The zero-order valence-corrected chi connectivity index (χ0v) is 10.6. The lowest BCUT2D eigenvalue weighted by atomic mass is 10.1. The first kappa shape index (κ1) is 13.2. The van der Waals surface area contributed by atoms with Crippen molar-refractivity contribution in [1.29, 1.82) is 0 Å². The maximum Gasteiger partial charge on any atom is 0.305 e. The third kappa shape index (κ3) is 6.33. The van der Waals surface area contributed by atoms with Gasteiger partial charge in [0.15, 0.2) is 0 Å². The molecule has 0 aromatic carbocycles. The minimum Gasteiger partial charge on any atom is -0.464 e. The Labute approximate surface area is 99.3 Å². The van der Waals surface area contributed by atoms with Gasteiger partial charge in [-0.2, -0.15) is 0 Å². The highest BCUT2D eigenvalue weighted by Crippen LogP contribution is 2.39. The first-order valence-corrected chi connectivity index (χ1v) is 7.85. The van der Waals surface area contributed by atoms with Crippen LogP contribution in [0.2, 0.25) is 0 Å². The number of nitrogens with two attached hydrogens (primary N) is 1. The van der Waals surface area contributed by atoms with E-state index in [2.05, 4.69) is 0 Å². The fraction of sp³-hybridized carbons (Fsp3) is 0.900. The van der Waals surface area contributed by atoms with E-state index in [1.807, 2.05) is 21.6 Å². The number of rotatable bonds is 7. The van der Waals surface area contributed by atoms with Crippen molar-refractivity contribution in [3.63, 3.8) is 0 Å². The highest BCUT2D eigenvalue weighted by atomic mass is 33.1. The van der Waals surface area contributed by atoms with Crippen LogP contribution in [-0.4, -0.2) is 30.1 Å². The van der Waals surface area contributed by atoms with Crippen LogP contribution in [0.4, 0.5) is 0 Å². The first-order valence-electron chi connectivity index (χ1n) is 5.47. The number of unbranched alkanes of at least 4 members (excludes halogenated alkanes) is 1. The van der Waals surface area contributed by atoms with Gasteiger partial charge in [0.1, 0.15) is 6.61 Å². The van der Waals surface area contributed by atoms with Crippen LogP contribution in [0.25, 0.3) is 0 Å². The van der Waals surface area contributed by atoms with E-state index < -0.39 is 0 Å². The molecule has 1 heterocycles. The molecule has 0 aromatic heterocycles. The molecule has 0 radical (unpaired) electrons. The SMILES string of the molecule is NCCOC(=O)CCCCC1CCSS1. The predicted octanol–water partition coefficient (Wildman–Crippen LogP) is 2.20. The number of carbonyl (C=O) groups is 1. The molecular weight excluding hydrogens is 230 g/mol. The molecule has 1 rings (SSSR count). The lowest BCUT2D eigenvalue weighted by molar-refractivity contribution is -0.143. The van der Waals surface area contributed by atoms with Gasteiger partial charge in [-0.3, -0.25) is 4.79 Å². The highest BCUT2D eigenvalue weighted by molar-refractivity contribution is 8.77. The molecule has 1 saturated heterocycles. The second-order valence-electron chi connectivity index (χ2n) is 3.58. The average Bonchev–Trinajstić information content (AvgIpc) is 2.74. The van der Waals surface area contributed by atoms with Crippen molar-refractivity contribution < 1.29 is 9.53 Å². The summed E-state index contributed by atoms with van der Waals surface area (Å²) < 4.78 is 4.89. The van der Waals surface area contributed by atoms with Crippen molar-refractivity contribution in [2.24, 2.45) is 5.73 Å². The minimum atomic E-state index is -0.103. The van der Waals surface area contributed by atoms with Crippen molar-refractivity contribution >= 4 is 27.6 Å². The van der Waals surface area contributed by atoms with Crippen LogP contribution >= 0.6 is 21.6 Å². The molecule has 0 bridgehead atoms. The van der Waals surface area contributed by atoms with Crippen LogP contribution in [0.3, 0.4) is 0 Å². The molecule has 3 nitrogen and oxygen atoms in total. The van der Waals surface area contributed by atoms with Gasteiger partial charge in [-0.1, -0.05) is 28.0 Å². The van der Waals surface area contributed by atoms with Crippen LogP contribution in [-0.2, 0) is 9.53 Å². The van der Waals surface area contributed by atoms with E-state index in [9.17, 15) is 4.79 Å². The Morgan fingerprint density at radius 2 is 2.33 bits per heavy atom. The average molecular weight is 249 g/mol. The van der Waals surface area contributed by atoms with Crippen molar-refractivity contribution in [1.82, 2.24) is 0 Å². The fourth-order valence-corrected chi connectivity index (χ4v) is 4.48. The summed E-state index contributed by atoms with van der Waals surface area (Å²) in [5.41, 5.74) is 5.23. The number of hydrogen-bond donors (Lipinski definition) is 1. The number of esters is 1. The van der Waals surface area contributed by atoms with E-state index in [1.54, 1.807) is 0 Å². The van der Waals surface area contributed by atoms with Crippen LogP contribution < -0.4 is 5.73 Å². The molecule has 0 spiro atoms. The molecule has 0 aliphatic carbocycles. The van der Waals surface area contributed by atoms with Gasteiger partial charge < -0.3 is 10.5 Å². The number of carbonyl (C=O) groups excluding carboxylic acids is 1. The second kappa shape index (κ2) is 8.30. The molecule has 2 N–H and O–H groups in total. The zero-order chi connectivity index (χ0) is 10.9. The molecule has 1 unspecified atom stereocenters. The Bertz CT molecular complexity index is 184. The van der Waals surface area contributed by atoms with Gasteiger partial charge in [-0.25, -0.2) is 0 Å². The number of ether oxygens (including phenoxy) is 1. The summed E-state index contributed by atoms with van der Waals surface area (Å²) in [7, 11) is 3.97. The molecule has 1 aliphatic heterocycles. The first-order chi connectivity index (χ1) is 7.33. The van der Waals surface area contributed by atoms with E-state index in [4.69, 9.17) is 10.5 Å². The summed E-state index contributed by atoms with van der Waals surface area (Å²) in [5.74, 6) is 1.18. The smallest absolute Gasteiger partial charge is 0.305 e. The topological polar surface area (TPSA) is 52.3 Å². The van der Waals surface area contributed by atoms with Crippen molar-refractivity contribution in [3.05, 3.63) is 0 Å². The Kier molecular flexibility index (Phi) is 7.30. The van der Waals surface area contributed by atoms with Gasteiger partial charge in [-0.15, -0.1) is 0 Å². The summed E-state index contributed by atoms with van der Waals surface area (Å²) in [4.78, 5) is 11.1. The third-order valence-electron chi connectivity index (χ3n) is 2.27. The molecule has 88 valence electrons. The zero-order valence-electron chi connectivity index (χ0n) is 8.94. The lowest BCUT2D eigenvalue weighted by Crippen LogP contribution is -2.13. The normalized spacial score (nSPS) is 20.5. The van der Waals surface area contributed by atoms with E-state index in [-0.39, 0.29) is 5.97 Å². The van der Waals surface area contributed by atoms with Crippen LogP contribution in [0.15, 0.2) is 0 Å². The van der Waals surface area contributed by atoms with Crippen LogP contribution in [0.1, 0.15) is 32.1 Å². The van der Waals surface area contributed by atoms with Gasteiger partial charge in [0, 0.05) is 24.0 Å². The molecule has 0 aromatic rings. The largest absolute Gasteiger partial charge is 0.464 e. The van der Waals surface area contributed by atoms with E-state index in [1.165, 1.54) is 18.6 Å². The van der Waals surface area contributed by atoms with Gasteiger partial charge >= 0.3 is 5.97 Å². The van der Waals surface area contributed by atoms with Gasteiger partial charge in [0.05, 0.1) is 0 Å². The Morgan fingerprint density at radius 1 is 1.47 bits per heavy atom.